The summed E-state index contributed by atoms with van der Waals surface area (Å²) < 4.78 is 8.90. The zero-order valence-electron chi connectivity index (χ0n) is 15.0. The molecule has 1 fully saturated rings. The molecule has 1 amide bonds. The molecule has 1 aliphatic rings. The van der Waals surface area contributed by atoms with E-state index in [1.165, 1.54) is 0 Å². The lowest BCUT2D eigenvalue weighted by molar-refractivity contribution is 0.0677. The van der Waals surface area contributed by atoms with Gasteiger partial charge in [-0.15, -0.1) is 0 Å². The summed E-state index contributed by atoms with van der Waals surface area (Å²) in [5, 5.41) is 6.62. The van der Waals surface area contributed by atoms with Crippen LogP contribution >= 0.6 is 0 Å². The van der Waals surface area contributed by atoms with Crippen molar-refractivity contribution in [3.8, 4) is 0 Å². The van der Waals surface area contributed by atoms with E-state index in [-0.39, 0.29) is 29.8 Å². The van der Waals surface area contributed by atoms with Crippen LogP contribution in [0.1, 0.15) is 55.6 Å². The third-order valence-electron chi connectivity index (χ3n) is 4.68. The molecule has 1 aliphatic heterocycles. The fraction of sp³-hybridized carbons (Fsp3) is 0.625. The number of aromatic nitrogens is 5. The van der Waals surface area contributed by atoms with Crippen molar-refractivity contribution < 1.29 is 9.53 Å². The number of carbonyl (C=O) groups excluding carboxylic acids is 1. The van der Waals surface area contributed by atoms with Crippen LogP contribution in [0.2, 0.25) is 0 Å². The highest BCUT2D eigenvalue weighted by Gasteiger charge is 2.40. The van der Waals surface area contributed by atoms with E-state index < -0.39 is 0 Å². The highest BCUT2D eigenvalue weighted by atomic mass is 16.5. The summed E-state index contributed by atoms with van der Waals surface area (Å²) in [4.78, 5) is 30.8. The van der Waals surface area contributed by atoms with E-state index in [1.54, 1.807) is 29.1 Å². The molecule has 0 aliphatic carbocycles. The lowest BCUT2D eigenvalue weighted by atomic mass is 10.2. The number of amides is 1. The number of likely N-dealkylation sites (tertiary alicyclic amines) is 1. The summed E-state index contributed by atoms with van der Waals surface area (Å²) in [6.07, 6.45) is 3.91. The van der Waals surface area contributed by atoms with E-state index in [0.29, 0.717) is 31.0 Å². The number of carbonyl (C=O) groups is 1. The van der Waals surface area contributed by atoms with Crippen LogP contribution in [0.15, 0.2) is 17.3 Å². The zero-order chi connectivity index (χ0) is 18.1. The molecule has 1 saturated heterocycles. The van der Waals surface area contributed by atoms with Crippen molar-refractivity contribution in [2.75, 3.05) is 13.7 Å². The summed E-state index contributed by atoms with van der Waals surface area (Å²) in [6.45, 7) is 6.86. The van der Waals surface area contributed by atoms with Gasteiger partial charge in [-0.2, -0.15) is 5.10 Å². The number of hydrogen-bond donors (Lipinski definition) is 1. The molecule has 0 spiro atoms. The third-order valence-corrected chi connectivity index (χ3v) is 4.68. The van der Waals surface area contributed by atoms with E-state index in [4.69, 9.17) is 4.74 Å². The number of ether oxygens (including phenoxy) is 1. The van der Waals surface area contributed by atoms with Gasteiger partial charge in [-0.1, -0.05) is 0 Å². The van der Waals surface area contributed by atoms with Crippen molar-refractivity contribution in [3.63, 3.8) is 0 Å². The number of nitrogens with zero attached hydrogens (tertiary/aromatic N) is 5. The Morgan fingerprint density at radius 2 is 2.24 bits per heavy atom. The SMILES string of the molecule is CCn1c([C@@H]2C[C@H](OC)CN2C(=O)c2cn(C(C)C)cn2)n[nH]c1=O. The molecule has 2 atom stereocenters. The molecule has 9 heteroatoms. The third kappa shape index (κ3) is 3.11. The Hall–Kier alpha value is -2.42. The Balaban J connectivity index is 1.93. The van der Waals surface area contributed by atoms with Gasteiger partial charge in [0.2, 0.25) is 0 Å². The molecule has 0 saturated carbocycles. The summed E-state index contributed by atoms with van der Waals surface area (Å²) in [5.74, 6) is 0.380. The molecule has 0 unspecified atom stereocenters. The Morgan fingerprint density at radius 1 is 1.48 bits per heavy atom. The van der Waals surface area contributed by atoms with Gasteiger partial charge in [-0.25, -0.2) is 14.9 Å². The lowest BCUT2D eigenvalue weighted by Gasteiger charge is -2.23. The second-order valence-electron chi connectivity index (χ2n) is 6.50. The maximum Gasteiger partial charge on any atom is 0.343 e. The van der Waals surface area contributed by atoms with Gasteiger partial charge in [-0.05, 0) is 20.8 Å². The zero-order valence-corrected chi connectivity index (χ0v) is 15.0. The van der Waals surface area contributed by atoms with Crippen LogP contribution in [0.3, 0.4) is 0 Å². The van der Waals surface area contributed by atoms with E-state index in [1.807, 2.05) is 25.3 Å². The first-order chi connectivity index (χ1) is 12.0. The fourth-order valence-electron chi connectivity index (χ4n) is 3.20. The van der Waals surface area contributed by atoms with Crippen LogP contribution in [0.5, 0.6) is 0 Å². The molecule has 0 radical (unpaired) electrons. The second kappa shape index (κ2) is 6.83. The molecule has 2 aromatic heterocycles. The normalized spacial score (nSPS) is 20.6. The number of hydrogen-bond acceptors (Lipinski definition) is 5. The quantitative estimate of drug-likeness (QED) is 0.868. The molecule has 2 aromatic rings. The minimum atomic E-state index is -0.319. The lowest BCUT2D eigenvalue weighted by Crippen LogP contribution is -2.34. The van der Waals surface area contributed by atoms with Gasteiger partial charge in [0.25, 0.3) is 5.91 Å². The predicted molar refractivity (Wildman–Crippen MR) is 90.3 cm³/mol. The van der Waals surface area contributed by atoms with Gasteiger partial charge >= 0.3 is 5.69 Å². The molecule has 0 aromatic carbocycles. The van der Waals surface area contributed by atoms with Crippen LogP contribution in [-0.2, 0) is 11.3 Å². The number of methoxy groups -OCH3 is 1. The Kier molecular flexibility index (Phi) is 4.76. The summed E-state index contributed by atoms with van der Waals surface area (Å²) >= 11 is 0. The second-order valence-corrected chi connectivity index (χ2v) is 6.50. The van der Waals surface area contributed by atoms with Gasteiger partial charge in [0, 0.05) is 38.9 Å². The largest absolute Gasteiger partial charge is 0.380 e. The Bertz CT molecular complexity index is 805. The Labute approximate surface area is 145 Å². The van der Waals surface area contributed by atoms with Gasteiger partial charge in [-0.3, -0.25) is 9.36 Å². The van der Waals surface area contributed by atoms with Gasteiger partial charge in [0.1, 0.15) is 5.69 Å². The first kappa shape index (κ1) is 17.4. The van der Waals surface area contributed by atoms with Crippen molar-refractivity contribution in [2.45, 2.75) is 51.9 Å². The maximum absolute atomic E-state index is 13.0. The van der Waals surface area contributed by atoms with Crippen LogP contribution in [-0.4, -0.2) is 54.9 Å². The molecule has 25 heavy (non-hydrogen) atoms. The average Bonchev–Trinajstić information content (AvgIpc) is 3.31. The summed E-state index contributed by atoms with van der Waals surface area (Å²) in [7, 11) is 1.63. The van der Waals surface area contributed by atoms with Crippen LogP contribution in [0.25, 0.3) is 0 Å². The molecule has 3 heterocycles. The first-order valence-electron chi connectivity index (χ1n) is 8.48. The van der Waals surface area contributed by atoms with Crippen molar-refractivity contribution in [3.05, 3.63) is 34.5 Å². The molecule has 136 valence electrons. The Morgan fingerprint density at radius 3 is 2.84 bits per heavy atom. The highest BCUT2D eigenvalue weighted by molar-refractivity contribution is 5.92. The first-order valence-corrected chi connectivity index (χ1v) is 8.48. The van der Waals surface area contributed by atoms with Gasteiger partial charge < -0.3 is 14.2 Å². The minimum Gasteiger partial charge on any atom is -0.380 e. The van der Waals surface area contributed by atoms with Crippen LogP contribution in [0.4, 0.5) is 0 Å². The van der Waals surface area contributed by atoms with E-state index in [0.717, 1.165) is 0 Å². The molecule has 9 nitrogen and oxygen atoms in total. The summed E-state index contributed by atoms with van der Waals surface area (Å²) in [5.41, 5.74) is 0.117. The van der Waals surface area contributed by atoms with Gasteiger partial charge in [0.15, 0.2) is 5.82 Å². The molecule has 3 rings (SSSR count). The van der Waals surface area contributed by atoms with E-state index in [9.17, 15) is 9.59 Å². The number of rotatable bonds is 5. The number of aromatic amines is 1. The molecule has 0 bridgehead atoms. The van der Waals surface area contributed by atoms with E-state index >= 15 is 0 Å². The van der Waals surface area contributed by atoms with Crippen LogP contribution < -0.4 is 5.69 Å². The number of H-pyrrole nitrogens is 1. The standard InChI is InChI=1S/C16H24N6O3/c1-5-21-14(18-19-16(21)24)13-6-11(25-4)7-22(13)15(23)12-8-20(9-17-12)10(2)3/h8-11,13H,5-7H2,1-4H3,(H,19,24)/t11-,13-/m0/s1. The summed E-state index contributed by atoms with van der Waals surface area (Å²) in [6, 6.07) is -0.0905. The van der Waals surface area contributed by atoms with Crippen molar-refractivity contribution in [1.29, 1.82) is 0 Å². The topological polar surface area (TPSA) is 98.0 Å². The van der Waals surface area contributed by atoms with Crippen LogP contribution in [0, 0.1) is 0 Å². The average molecular weight is 348 g/mol. The molecule has 1 N–H and O–H groups in total. The predicted octanol–water partition coefficient (Wildman–Crippen LogP) is 0.971. The van der Waals surface area contributed by atoms with Crippen molar-refractivity contribution in [2.24, 2.45) is 0 Å². The monoisotopic (exact) mass is 348 g/mol. The van der Waals surface area contributed by atoms with E-state index in [2.05, 4.69) is 15.2 Å². The molecular weight excluding hydrogens is 324 g/mol. The smallest absolute Gasteiger partial charge is 0.343 e. The molecular formula is C16H24N6O3. The van der Waals surface area contributed by atoms with Crippen molar-refractivity contribution >= 4 is 5.91 Å². The van der Waals surface area contributed by atoms with Gasteiger partial charge in [0.05, 0.1) is 18.5 Å². The number of nitrogens with one attached hydrogen (secondary N) is 1. The van der Waals surface area contributed by atoms with Crippen molar-refractivity contribution in [1.82, 2.24) is 29.2 Å². The number of imidazole rings is 1. The minimum absolute atomic E-state index is 0.0988. The fourth-order valence-corrected chi connectivity index (χ4v) is 3.20. The maximum atomic E-state index is 13.0. The highest BCUT2D eigenvalue weighted by Crippen LogP contribution is 2.33.